The summed E-state index contributed by atoms with van der Waals surface area (Å²) >= 11 is 0.851. The van der Waals surface area contributed by atoms with Crippen molar-refractivity contribution in [1.82, 2.24) is 9.13 Å². The van der Waals surface area contributed by atoms with E-state index in [4.69, 9.17) is 17.8 Å². The van der Waals surface area contributed by atoms with Crippen LogP contribution in [0.15, 0.2) is 206 Å². The third kappa shape index (κ3) is 5.03. The zero-order valence-electron chi connectivity index (χ0n) is 53.1. The number of fused-ring (bicyclic) bond motifs is 9. The monoisotopic (exact) mass is 766 g/mol. The van der Waals surface area contributed by atoms with Crippen LogP contribution in [0, 0.1) is 0 Å². The van der Waals surface area contributed by atoms with Gasteiger partial charge in [-0.2, -0.15) is 0 Å². The van der Waals surface area contributed by atoms with Crippen LogP contribution in [-0.2, 0) is 0 Å². The number of para-hydroxylation sites is 3. The Kier molecular flexibility index (Phi) is 3.67. The molecule has 0 amide bonds. The number of hydrogen-bond donors (Lipinski definition) is 0. The van der Waals surface area contributed by atoms with E-state index in [2.05, 4.69) is 0 Å². The Balaban J connectivity index is 1.16. The summed E-state index contributed by atoms with van der Waals surface area (Å²) in [6.07, 6.45) is 0. The Labute approximate surface area is 367 Å². The van der Waals surface area contributed by atoms with Gasteiger partial charge in [0.05, 0.1) is 55.0 Å². The summed E-state index contributed by atoms with van der Waals surface area (Å²) < 4.78 is 221. The molecule has 0 radical (unpaired) electrons. The molecular formula is C54H34N2S. The van der Waals surface area contributed by atoms with Crippen molar-refractivity contribution in [2.45, 2.75) is 0 Å². The molecule has 0 fully saturated rings. The predicted molar refractivity (Wildman–Crippen MR) is 244 cm³/mol. The van der Waals surface area contributed by atoms with Crippen molar-refractivity contribution >= 4 is 75.1 Å². The predicted octanol–water partition coefficient (Wildman–Crippen LogP) is 15.2. The summed E-state index contributed by atoms with van der Waals surface area (Å²) in [5.41, 5.74) is -2.34. The molecule has 57 heavy (non-hydrogen) atoms. The van der Waals surface area contributed by atoms with Gasteiger partial charge in [-0.15, -0.1) is 11.3 Å². The van der Waals surface area contributed by atoms with Gasteiger partial charge in [-0.1, -0.05) is 139 Å². The van der Waals surface area contributed by atoms with E-state index in [1.807, 2.05) is 0 Å². The highest BCUT2D eigenvalue weighted by atomic mass is 32.1. The smallest absolute Gasteiger partial charge is 0.0645 e. The molecule has 12 rings (SSSR count). The van der Waals surface area contributed by atoms with Crippen molar-refractivity contribution in [3.05, 3.63) is 206 Å². The van der Waals surface area contributed by atoms with Gasteiger partial charge in [0.2, 0.25) is 0 Å². The van der Waals surface area contributed by atoms with Crippen LogP contribution in [0.3, 0.4) is 0 Å². The Morgan fingerprint density at radius 2 is 1.07 bits per heavy atom. The molecule has 0 spiro atoms. The van der Waals surface area contributed by atoms with Gasteiger partial charge in [0, 0.05) is 53.1 Å². The van der Waals surface area contributed by atoms with Crippen molar-refractivity contribution in [3.63, 3.8) is 0 Å². The summed E-state index contributed by atoms with van der Waals surface area (Å²) in [5, 5.41) is -1.02. The van der Waals surface area contributed by atoms with E-state index in [0.717, 1.165) is 29.5 Å². The zero-order valence-corrected chi connectivity index (χ0v) is 29.9. The van der Waals surface area contributed by atoms with Gasteiger partial charge in [-0.3, -0.25) is 0 Å². The molecule has 9 aromatic carbocycles. The maximum Gasteiger partial charge on any atom is 0.0645 e. The first-order valence-corrected chi connectivity index (χ1v) is 18.4. The van der Waals surface area contributed by atoms with E-state index < -0.39 is 144 Å². The van der Waals surface area contributed by atoms with Crippen LogP contribution in [0.2, 0.25) is 0 Å². The second-order valence-corrected chi connectivity index (χ2v) is 14.1. The number of rotatable bonds is 5. The van der Waals surface area contributed by atoms with Crippen LogP contribution in [0.25, 0.3) is 109 Å². The van der Waals surface area contributed by atoms with Gasteiger partial charge in [-0.05, 0) is 99.9 Å². The fourth-order valence-electron chi connectivity index (χ4n) is 7.34. The molecule has 0 saturated carbocycles. The number of aromatic nitrogens is 2. The molecule has 0 saturated heterocycles. The average molecular weight is 767 g/mol. The molecule has 2 nitrogen and oxygen atoms in total. The summed E-state index contributed by atoms with van der Waals surface area (Å²) in [6, 6.07) is 0.647. The number of hydrogen-bond acceptors (Lipinski definition) is 1. The average Bonchev–Trinajstić information content (AvgIpc) is 3.76. The largest absolute Gasteiger partial charge is 0.309 e. The standard InChI is InChI=1S/C54H34N2S/c1-3-12-35(13-4-1)36-22-24-37(25-23-36)42-18-11-21-52-54(42)45-29-28-41(34-53(45)57-52)56-49-20-10-8-17-44(49)47-33-39(27-31-51(47)56)38-26-30-50-46(32-38)43-16-7-9-19-48(43)55(50)40-14-5-2-6-15-40/h1-34H/i3D,4D,7D,8D,9D,10D,11D,12D,16D,17D,18D,19D,20D,21D,22D,23D,24D,26D,27D,28D,29D,30D,32D,33D. The molecule has 12 aromatic rings. The lowest BCUT2D eigenvalue weighted by molar-refractivity contribution is 1.18. The van der Waals surface area contributed by atoms with Crippen molar-refractivity contribution in [3.8, 4) is 44.8 Å². The highest BCUT2D eigenvalue weighted by Crippen LogP contribution is 2.43. The van der Waals surface area contributed by atoms with E-state index in [0.29, 0.717) is 5.69 Å². The summed E-state index contributed by atoms with van der Waals surface area (Å²) in [5.74, 6) is 0. The van der Waals surface area contributed by atoms with Crippen LogP contribution in [-0.4, -0.2) is 9.13 Å². The lowest BCUT2D eigenvalue weighted by atomic mass is 9.97. The minimum atomic E-state index is -0.735. The number of benzene rings is 9. The lowest BCUT2D eigenvalue weighted by Gasteiger charge is -2.10. The molecule has 0 unspecified atom stereocenters. The van der Waals surface area contributed by atoms with Crippen molar-refractivity contribution < 1.29 is 32.9 Å². The van der Waals surface area contributed by atoms with E-state index in [9.17, 15) is 15.1 Å². The first kappa shape index (κ1) is 16.5. The van der Waals surface area contributed by atoms with Gasteiger partial charge < -0.3 is 9.13 Å². The molecule has 266 valence electrons. The van der Waals surface area contributed by atoms with Crippen LogP contribution in [0.4, 0.5) is 0 Å². The molecule has 0 atom stereocenters. The van der Waals surface area contributed by atoms with E-state index in [1.54, 1.807) is 30.3 Å². The van der Waals surface area contributed by atoms with Gasteiger partial charge in [-0.25, -0.2) is 0 Å². The summed E-state index contributed by atoms with van der Waals surface area (Å²) in [7, 11) is 0. The van der Waals surface area contributed by atoms with Gasteiger partial charge in [0.1, 0.15) is 0 Å². The Bertz CT molecular complexity index is 4930. The maximum absolute atomic E-state index is 9.94. The molecule has 3 aromatic heterocycles. The molecule has 3 heterocycles. The third-order valence-electron chi connectivity index (χ3n) is 9.85. The number of nitrogens with zero attached hydrogens (tertiary/aromatic N) is 2. The van der Waals surface area contributed by atoms with Crippen LogP contribution < -0.4 is 0 Å². The zero-order chi connectivity index (χ0) is 58.3. The Morgan fingerprint density at radius 3 is 1.91 bits per heavy atom. The molecule has 0 N–H and O–H groups in total. The van der Waals surface area contributed by atoms with Crippen molar-refractivity contribution in [2.75, 3.05) is 0 Å². The second kappa shape index (κ2) is 12.7. The fraction of sp³-hybridized carbons (Fsp3) is 0. The van der Waals surface area contributed by atoms with Crippen LogP contribution in [0.1, 0.15) is 32.9 Å². The van der Waals surface area contributed by atoms with Crippen molar-refractivity contribution in [2.24, 2.45) is 0 Å². The maximum atomic E-state index is 9.94. The van der Waals surface area contributed by atoms with E-state index in [1.165, 1.54) is 21.3 Å². The highest BCUT2D eigenvalue weighted by Gasteiger charge is 2.18. The molecule has 0 aliphatic rings. The van der Waals surface area contributed by atoms with E-state index >= 15 is 0 Å². The topological polar surface area (TPSA) is 9.86 Å². The first-order valence-electron chi connectivity index (χ1n) is 29.5. The lowest BCUT2D eigenvalue weighted by Crippen LogP contribution is -1.93. The Morgan fingerprint density at radius 1 is 0.368 bits per heavy atom. The van der Waals surface area contributed by atoms with Gasteiger partial charge >= 0.3 is 0 Å². The molecule has 0 aliphatic heterocycles. The third-order valence-corrected chi connectivity index (χ3v) is 10.9. The van der Waals surface area contributed by atoms with Gasteiger partial charge in [0.15, 0.2) is 0 Å². The highest BCUT2D eigenvalue weighted by molar-refractivity contribution is 7.26. The quantitative estimate of drug-likeness (QED) is 0.165. The minimum Gasteiger partial charge on any atom is -0.309 e. The van der Waals surface area contributed by atoms with Crippen molar-refractivity contribution in [1.29, 1.82) is 0 Å². The summed E-state index contributed by atoms with van der Waals surface area (Å²) in [4.78, 5) is 0. The Hall–Kier alpha value is -7.20. The normalized spacial score (nSPS) is 17.8. The van der Waals surface area contributed by atoms with E-state index in [-0.39, 0.29) is 104 Å². The summed E-state index contributed by atoms with van der Waals surface area (Å²) in [6.45, 7) is 0. The molecule has 0 bridgehead atoms. The molecule has 0 aliphatic carbocycles. The second-order valence-electron chi connectivity index (χ2n) is 13.0. The SMILES string of the molecule is [2H]c1cc([2H])c([2H])c(-c2c([2H])cc(-c3c([2H])c([2H])c([2H])c4sc5cc(-n6c7cc([2H])c(-c8c([2H])c([2H])c9c(c8[2H])c8c([2H])c([2H])c([2H])c([2H])c8n9-c8ccccc8)c([2H])c7c7c([2H])c([2H])c([2H])c([2H])c76)c([2H])c([2H])c5c34)c([2H])c2[2H])c1. The molecular weight excluding hydrogens is 709 g/mol. The van der Waals surface area contributed by atoms with Gasteiger partial charge in [0.25, 0.3) is 0 Å². The fourth-order valence-corrected chi connectivity index (χ4v) is 8.39. The van der Waals surface area contributed by atoms with Crippen LogP contribution in [0.5, 0.6) is 0 Å². The minimum absolute atomic E-state index is 0.00282. The number of thiophene rings is 1. The molecule has 3 heteroatoms. The van der Waals surface area contributed by atoms with Crippen LogP contribution >= 0.6 is 11.3 Å². The first-order chi connectivity index (χ1) is 38.2.